The minimum absolute atomic E-state index is 0. The summed E-state index contributed by atoms with van der Waals surface area (Å²) in [5.41, 5.74) is 0. The van der Waals surface area contributed by atoms with Gasteiger partial charge in [0.25, 0.3) is 0 Å². The van der Waals surface area contributed by atoms with E-state index >= 15 is 0 Å². The van der Waals surface area contributed by atoms with Crippen molar-refractivity contribution in [1.29, 1.82) is 0 Å². The van der Waals surface area contributed by atoms with Crippen molar-refractivity contribution in [2.45, 2.75) is 24.4 Å². The Kier molecular flexibility index (Phi) is 17.0. The Morgan fingerprint density at radius 3 is 1.84 bits per heavy atom. The molecule has 0 aromatic heterocycles. The average molecular weight is 352 g/mol. The molecule has 0 aliphatic heterocycles. The van der Waals surface area contributed by atoms with Crippen LogP contribution in [0.5, 0.6) is 0 Å². The fourth-order valence-electron chi connectivity index (χ4n) is 0.826. The molecular weight excluding hydrogens is 341 g/mol. The van der Waals surface area contributed by atoms with Gasteiger partial charge in [-0.3, -0.25) is 0 Å². The molecule has 0 bridgehead atoms. The second kappa shape index (κ2) is 12.2. The maximum Gasteiger partial charge on any atom is 1.00 e. The summed E-state index contributed by atoms with van der Waals surface area (Å²) < 4.78 is 13.2. The molecule has 0 fully saturated rings. The molecule has 0 aromatic carbocycles. The summed E-state index contributed by atoms with van der Waals surface area (Å²) in [6, 6.07) is 0. The van der Waals surface area contributed by atoms with E-state index in [9.17, 15) is 19.1 Å². The van der Waals surface area contributed by atoms with Gasteiger partial charge >= 0.3 is 109 Å². The van der Waals surface area contributed by atoms with Crippen LogP contribution in [0.15, 0.2) is 0 Å². The molecule has 5 N–H and O–H groups in total. The monoisotopic (exact) mass is 352 g/mol. The summed E-state index contributed by atoms with van der Waals surface area (Å²) in [7, 11) is -5.69. The number of carbonyl (C=O) groups is 1. The molecule has 0 unspecified atom stereocenters. The van der Waals surface area contributed by atoms with Crippen LogP contribution in [-0.2, 0) is 13.9 Å². The first-order valence-electron chi connectivity index (χ1n) is 4.18. The van der Waals surface area contributed by atoms with E-state index < -0.39 is 44.8 Å². The quantitative estimate of drug-likeness (QED) is 0.226. The minimum atomic E-state index is -5.69. The Bertz CT molecular complexity index is 308. The molecule has 0 heterocycles. The second-order valence-electron chi connectivity index (χ2n) is 3.03. The van der Waals surface area contributed by atoms with Crippen molar-refractivity contribution >= 4 is 13.8 Å². The molecule has 13 heteroatoms. The Morgan fingerprint density at radius 2 is 1.53 bits per heavy atom. The van der Waals surface area contributed by atoms with Crippen LogP contribution in [0.1, 0.15) is 0 Å². The standard InChI is InChI=1S/C6H13O10P.2K/c7-1-2(8)3(9)4(10)5(11)6(12)16-17(13,14)15;;/h2-5,7-11H,1H2,(H2,13,14,15);;/q;2*+1/p-2/t2-,3+,4+,5-;;/m1../s1. The molecule has 0 aliphatic rings. The van der Waals surface area contributed by atoms with Crippen LogP contribution in [-0.4, -0.2) is 62.5 Å². The van der Waals surface area contributed by atoms with Crippen molar-refractivity contribution < 1.29 is 152 Å². The molecule has 0 radical (unpaired) electrons. The van der Waals surface area contributed by atoms with Gasteiger partial charge in [0.05, 0.1) is 6.61 Å². The topological polar surface area (TPSA) is 191 Å². The van der Waals surface area contributed by atoms with Crippen LogP contribution in [0.4, 0.5) is 0 Å². The van der Waals surface area contributed by atoms with Crippen molar-refractivity contribution in [3.05, 3.63) is 0 Å². The molecular formula is C6H11K2O10P. The van der Waals surface area contributed by atoms with E-state index in [-0.39, 0.29) is 103 Å². The summed E-state index contributed by atoms with van der Waals surface area (Å²) in [5, 5.41) is 44.4. The molecule has 4 atom stereocenters. The summed E-state index contributed by atoms with van der Waals surface area (Å²) in [6.45, 7) is -0.985. The molecule has 0 amide bonds. The number of hydrogen-bond acceptors (Lipinski definition) is 10. The van der Waals surface area contributed by atoms with Crippen molar-refractivity contribution in [2.75, 3.05) is 6.61 Å². The second-order valence-corrected chi connectivity index (χ2v) is 4.11. The van der Waals surface area contributed by atoms with Crippen molar-refractivity contribution in [3.8, 4) is 0 Å². The smallest absolute Gasteiger partial charge is 0.780 e. The van der Waals surface area contributed by atoms with Crippen LogP contribution >= 0.6 is 7.82 Å². The molecule has 102 valence electrons. The van der Waals surface area contributed by atoms with E-state index in [1.54, 1.807) is 0 Å². The van der Waals surface area contributed by atoms with Crippen LogP contribution in [0.2, 0.25) is 0 Å². The Balaban J connectivity index is -0.00000128. The first kappa shape index (κ1) is 26.6. The van der Waals surface area contributed by atoms with Gasteiger partial charge in [0.1, 0.15) is 26.1 Å². The summed E-state index contributed by atoms with van der Waals surface area (Å²) in [6.07, 6.45) is -8.92. The van der Waals surface area contributed by atoms with E-state index in [0.717, 1.165) is 0 Å². The normalized spacial score (nSPS) is 17.2. The van der Waals surface area contributed by atoms with Crippen LogP contribution in [0.3, 0.4) is 0 Å². The van der Waals surface area contributed by atoms with Gasteiger partial charge in [-0.25, -0.2) is 4.79 Å². The maximum atomic E-state index is 10.8. The number of phosphoric acid groups is 1. The third-order valence-electron chi connectivity index (χ3n) is 1.70. The van der Waals surface area contributed by atoms with Crippen LogP contribution in [0.25, 0.3) is 0 Å². The van der Waals surface area contributed by atoms with E-state index in [1.165, 1.54) is 0 Å². The number of rotatable bonds is 6. The SMILES string of the molecule is O=C(OP(=O)([O-])[O-])[C@H](O)[C@@H](O)[C@@H](O)[C@H](O)CO.[K+].[K+]. The Morgan fingerprint density at radius 1 is 1.11 bits per heavy atom. The summed E-state index contributed by atoms with van der Waals surface area (Å²) in [4.78, 5) is 30.8. The summed E-state index contributed by atoms with van der Waals surface area (Å²) in [5.74, 6) is -2.00. The predicted octanol–water partition coefficient (Wildman–Crippen LogP) is -11.2. The van der Waals surface area contributed by atoms with Crippen molar-refractivity contribution in [2.24, 2.45) is 0 Å². The fourth-order valence-corrected chi connectivity index (χ4v) is 1.15. The first-order chi connectivity index (χ1) is 7.60. The minimum Gasteiger partial charge on any atom is -0.780 e. The molecule has 0 aromatic rings. The predicted molar refractivity (Wildman–Crippen MR) is 44.8 cm³/mol. The van der Waals surface area contributed by atoms with E-state index in [4.69, 9.17) is 25.5 Å². The van der Waals surface area contributed by atoms with Crippen molar-refractivity contribution in [3.63, 3.8) is 0 Å². The van der Waals surface area contributed by atoms with E-state index in [0.29, 0.717) is 0 Å². The average Bonchev–Trinajstić information content (AvgIpc) is 2.22. The third-order valence-corrected chi connectivity index (χ3v) is 2.10. The fraction of sp³-hybridized carbons (Fsp3) is 0.833. The molecule has 0 spiro atoms. The van der Waals surface area contributed by atoms with E-state index in [2.05, 4.69) is 4.52 Å². The first-order valence-corrected chi connectivity index (χ1v) is 5.65. The third kappa shape index (κ3) is 11.0. The zero-order chi connectivity index (χ0) is 13.8. The largest absolute Gasteiger partial charge is 1.00 e. The van der Waals surface area contributed by atoms with Gasteiger partial charge in [-0.2, -0.15) is 0 Å². The summed E-state index contributed by atoms with van der Waals surface area (Å²) >= 11 is 0. The van der Waals surface area contributed by atoms with Gasteiger partial charge in [0.15, 0.2) is 6.10 Å². The van der Waals surface area contributed by atoms with Gasteiger partial charge in [-0.05, 0) is 0 Å². The van der Waals surface area contributed by atoms with Crippen LogP contribution < -0.4 is 113 Å². The van der Waals surface area contributed by atoms with Gasteiger partial charge in [-0.15, -0.1) is 0 Å². The number of phosphoric ester groups is 1. The Labute approximate surface area is 193 Å². The number of carbonyl (C=O) groups excluding carboxylic acids is 1. The maximum absolute atomic E-state index is 10.8. The zero-order valence-corrected chi connectivity index (χ0v) is 17.4. The molecule has 19 heavy (non-hydrogen) atoms. The van der Waals surface area contributed by atoms with Gasteiger partial charge in [-0.1, -0.05) is 0 Å². The van der Waals surface area contributed by atoms with Crippen LogP contribution in [0, 0.1) is 0 Å². The zero-order valence-electron chi connectivity index (χ0n) is 10.2. The molecule has 0 saturated heterocycles. The molecule has 10 nitrogen and oxygen atoms in total. The van der Waals surface area contributed by atoms with Gasteiger partial charge < -0.3 is 44.4 Å². The number of aliphatic hydroxyl groups excluding tert-OH is 5. The van der Waals surface area contributed by atoms with Gasteiger partial charge in [0.2, 0.25) is 0 Å². The van der Waals surface area contributed by atoms with E-state index in [1.807, 2.05) is 0 Å². The molecule has 0 aliphatic carbocycles. The number of hydrogen-bond donors (Lipinski definition) is 5. The Hall–Kier alpha value is 2.69. The number of aliphatic hydroxyl groups is 5. The molecule has 0 rings (SSSR count). The van der Waals surface area contributed by atoms with Gasteiger partial charge in [0, 0.05) is 0 Å². The molecule has 0 saturated carbocycles. The van der Waals surface area contributed by atoms with Crippen molar-refractivity contribution in [1.82, 2.24) is 0 Å².